The first-order valence-corrected chi connectivity index (χ1v) is 15.4. The summed E-state index contributed by atoms with van der Waals surface area (Å²) in [5.41, 5.74) is 3.00. The predicted molar refractivity (Wildman–Crippen MR) is 162 cm³/mol. The summed E-state index contributed by atoms with van der Waals surface area (Å²) < 4.78 is 35.1. The van der Waals surface area contributed by atoms with Gasteiger partial charge in [-0.3, -0.25) is 13.9 Å². The highest BCUT2D eigenvalue weighted by atomic mass is 32.2. The number of aryl methyl sites for hydroxylation is 2. The highest BCUT2D eigenvalue weighted by Gasteiger charge is 2.35. The fourth-order valence-electron chi connectivity index (χ4n) is 4.56. The van der Waals surface area contributed by atoms with E-state index in [4.69, 9.17) is 4.74 Å². The lowest BCUT2D eigenvalue weighted by Crippen LogP contribution is -2.53. The summed E-state index contributed by atoms with van der Waals surface area (Å²) in [5, 5.41) is 2.92. The molecule has 3 rings (SSSR count). The lowest BCUT2D eigenvalue weighted by molar-refractivity contribution is -0.140. The van der Waals surface area contributed by atoms with Gasteiger partial charge in [-0.1, -0.05) is 61.0 Å². The van der Waals surface area contributed by atoms with Gasteiger partial charge in [0.1, 0.15) is 18.3 Å². The van der Waals surface area contributed by atoms with Crippen LogP contribution in [0.1, 0.15) is 50.8 Å². The minimum Gasteiger partial charge on any atom is -0.492 e. The maximum atomic E-state index is 14.2. The average molecular weight is 580 g/mol. The van der Waals surface area contributed by atoms with E-state index < -0.39 is 28.5 Å². The Labute approximate surface area is 244 Å². The quantitative estimate of drug-likeness (QED) is 0.299. The maximum absolute atomic E-state index is 14.2. The molecule has 0 saturated heterocycles. The lowest BCUT2D eigenvalue weighted by atomic mass is 10.1. The van der Waals surface area contributed by atoms with Crippen LogP contribution in [0.3, 0.4) is 0 Å². The minimum absolute atomic E-state index is 0.0530. The summed E-state index contributed by atoms with van der Waals surface area (Å²) in [6.07, 6.45) is 0.358. The topological polar surface area (TPSA) is 96.0 Å². The fraction of sp³-hybridized carbons (Fsp3) is 0.375. The van der Waals surface area contributed by atoms with Crippen molar-refractivity contribution in [3.8, 4) is 5.75 Å². The summed E-state index contributed by atoms with van der Waals surface area (Å²) >= 11 is 0. The van der Waals surface area contributed by atoms with Crippen molar-refractivity contribution in [3.05, 3.63) is 89.5 Å². The molecule has 3 aromatic rings. The van der Waals surface area contributed by atoms with Crippen LogP contribution in [0, 0.1) is 13.8 Å². The molecule has 0 spiro atoms. The number of benzene rings is 3. The number of carbonyl (C=O) groups excluding carboxylic acids is 2. The van der Waals surface area contributed by atoms with E-state index in [1.807, 2.05) is 65.8 Å². The highest BCUT2D eigenvalue weighted by Crippen LogP contribution is 2.33. The van der Waals surface area contributed by atoms with Gasteiger partial charge >= 0.3 is 0 Å². The minimum atomic E-state index is -4.19. The van der Waals surface area contributed by atoms with Gasteiger partial charge in [0.2, 0.25) is 11.8 Å². The molecule has 0 bridgehead atoms. The van der Waals surface area contributed by atoms with Crippen molar-refractivity contribution in [2.24, 2.45) is 0 Å². The second kappa shape index (κ2) is 14.2. The Morgan fingerprint density at radius 2 is 1.54 bits per heavy atom. The van der Waals surface area contributed by atoms with Crippen molar-refractivity contribution < 1.29 is 22.7 Å². The van der Waals surface area contributed by atoms with E-state index in [0.717, 1.165) is 21.0 Å². The molecule has 1 N–H and O–H groups in total. The highest BCUT2D eigenvalue weighted by molar-refractivity contribution is 7.92. The Morgan fingerprint density at radius 1 is 0.902 bits per heavy atom. The molecular weight excluding hydrogens is 538 g/mol. The molecule has 0 saturated carbocycles. The number of hydrogen-bond acceptors (Lipinski definition) is 5. The van der Waals surface area contributed by atoms with Gasteiger partial charge in [0.05, 0.1) is 17.2 Å². The van der Waals surface area contributed by atoms with E-state index in [-0.39, 0.29) is 29.1 Å². The van der Waals surface area contributed by atoms with Crippen LogP contribution < -0.4 is 14.4 Å². The molecule has 0 fully saturated rings. The van der Waals surface area contributed by atoms with Crippen LogP contribution in [0.25, 0.3) is 0 Å². The third kappa shape index (κ3) is 7.88. The van der Waals surface area contributed by atoms with Crippen molar-refractivity contribution in [2.45, 2.75) is 71.5 Å². The van der Waals surface area contributed by atoms with Gasteiger partial charge in [-0.05, 0) is 76.4 Å². The van der Waals surface area contributed by atoms with Gasteiger partial charge in [0.25, 0.3) is 10.0 Å². The van der Waals surface area contributed by atoms with Gasteiger partial charge in [0.15, 0.2) is 0 Å². The molecule has 3 aromatic carbocycles. The van der Waals surface area contributed by atoms with Gasteiger partial charge in [-0.2, -0.15) is 0 Å². The Kier molecular flexibility index (Phi) is 10.9. The van der Waals surface area contributed by atoms with Crippen LogP contribution in [0.15, 0.2) is 77.7 Å². The molecule has 2 amide bonds. The molecular formula is C32H41N3O5S. The number of anilines is 1. The van der Waals surface area contributed by atoms with Crippen LogP contribution in [-0.2, 0) is 26.2 Å². The van der Waals surface area contributed by atoms with Crippen LogP contribution in [-0.4, -0.2) is 50.4 Å². The molecule has 0 aliphatic carbocycles. The number of hydrogen-bond donors (Lipinski definition) is 1. The molecule has 0 radical (unpaired) electrons. The third-order valence-corrected chi connectivity index (χ3v) is 8.51. The molecule has 1 atom stereocenters. The van der Waals surface area contributed by atoms with Crippen LogP contribution in [0.2, 0.25) is 0 Å². The maximum Gasteiger partial charge on any atom is 0.264 e. The molecule has 0 heterocycles. The zero-order valence-electron chi connectivity index (χ0n) is 24.8. The predicted octanol–water partition coefficient (Wildman–Crippen LogP) is 5.23. The van der Waals surface area contributed by atoms with E-state index in [1.165, 1.54) is 17.0 Å². The summed E-state index contributed by atoms with van der Waals surface area (Å²) in [6, 6.07) is 20.0. The molecule has 9 heteroatoms. The third-order valence-electron chi connectivity index (χ3n) is 6.74. The van der Waals surface area contributed by atoms with E-state index in [9.17, 15) is 18.0 Å². The average Bonchev–Trinajstić information content (AvgIpc) is 2.93. The first kappa shape index (κ1) is 31.7. The van der Waals surface area contributed by atoms with Gasteiger partial charge < -0.3 is 15.0 Å². The van der Waals surface area contributed by atoms with Gasteiger partial charge in [-0.25, -0.2) is 8.42 Å². The number of ether oxygens (including phenoxy) is 1. The molecule has 0 aromatic heterocycles. The number of carbonyl (C=O) groups is 2. The number of para-hydroxylation sites is 2. The van der Waals surface area contributed by atoms with Crippen LogP contribution in [0.5, 0.6) is 5.75 Å². The molecule has 8 nitrogen and oxygen atoms in total. The van der Waals surface area contributed by atoms with E-state index in [0.29, 0.717) is 18.8 Å². The Bertz CT molecular complexity index is 1440. The zero-order valence-corrected chi connectivity index (χ0v) is 25.6. The van der Waals surface area contributed by atoms with E-state index >= 15 is 0 Å². The zero-order chi connectivity index (χ0) is 30.2. The first-order valence-electron chi connectivity index (χ1n) is 13.9. The van der Waals surface area contributed by atoms with Crippen LogP contribution >= 0.6 is 0 Å². The lowest BCUT2D eigenvalue weighted by Gasteiger charge is -2.34. The monoisotopic (exact) mass is 579 g/mol. The van der Waals surface area contributed by atoms with Crippen molar-refractivity contribution in [3.63, 3.8) is 0 Å². The molecule has 1 unspecified atom stereocenters. The smallest absolute Gasteiger partial charge is 0.264 e. The summed E-state index contributed by atoms with van der Waals surface area (Å²) in [4.78, 5) is 29.1. The number of sulfonamides is 1. The molecule has 0 aliphatic heterocycles. The number of nitrogens with zero attached hydrogens (tertiary/aromatic N) is 2. The molecule has 41 heavy (non-hydrogen) atoms. The number of rotatable bonds is 13. The first-order chi connectivity index (χ1) is 19.5. The van der Waals surface area contributed by atoms with Crippen molar-refractivity contribution in [2.75, 3.05) is 17.5 Å². The normalized spacial score (nSPS) is 12.1. The molecule has 220 valence electrons. The standard InChI is InChI=1S/C32H41N3O5S/c1-7-28(32(37)33-23(3)4)34(21-26-14-10-9-13-25(26)6)31(36)22-35(29-15-11-12-16-30(29)40-8-2)41(38,39)27-19-17-24(5)18-20-27/h9-20,23,28H,7-8,21-22H2,1-6H3,(H,33,37). The summed E-state index contributed by atoms with van der Waals surface area (Å²) in [5.74, 6) is -0.443. The van der Waals surface area contributed by atoms with Gasteiger partial charge in [-0.15, -0.1) is 0 Å². The van der Waals surface area contributed by atoms with E-state index in [2.05, 4.69) is 5.32 Å². The number of amides is 2. The Balaban J connectivity index is 2.13. The Hall–Kier alpha value is -3.85. The van der Waals surface area contributed by atoms with Crippen LogP contribution in [0.4, 0.5) is 5.69 Å². The SMILES string of the molecule is CCOc1ccccc1N(CC(=O)N(Cc1ccccc1C)C(CC)C(=O)NC(C)C)S(=O)(=O)c1ccc(C)cc1. The fourth-order valence-corrected chi connectivity index (χ4v) is 5.99. The van der Waals surface area contributed by atoms with E-state index in [1.54, 1.807) is 36.4 Å². The largest absolute Gasteiger partial charge is 0.492 e. The summed E-state index contributed by atoms with van der Waals surface area (Å²) in [7, 11) is -4.19. The van der Waals surface area contributed by atoms with Crippen molar-refractivity contribution in [1.29, 1.82) is 0 Å². The molecule has 0 aliphatic rings. The van der Waals surface area contributed by atoms with Crippen molar-refractivity contribution >= 4 is 27.5 Å². The summed E-state index contributed by atoms with van der Waals surface area (Å²) in [6.45, 7) is 11.1. The van der Waals surface area contributed by atoms with Gasteiger partial charge in [0, 0.05) is 12.6 Å². The van der Waals surface area contributed by atoms with Crippen molar-refractivity contribution in [1.82, 2.24) is 10.2 Å². The Morgan fingerprint density at radius 3 is 2.15 bits per heavy atom. The second-order valence-electron chi connectivity index (χ2n) is 10.3. The number of nitrogens with one attached hydrogen (secondary N) is 1. The second-order valence-corrected chi connectivity index (χ2v) is 12.1.